The highest BCUT2D eigenvalue weighted by Crippen LogP contribution is 2.38. The van der Waals surface area contributed by atoms with Crippen LogP contribution >= 0.6 is 0 Å². The lowest BCUT2D eigenvalue weighted by Gasteiger charge is -2.26. The molecule has 8 nitrogen and oxygen atoms in total. The second-order valence-electron chi connectivity index (χ2n) is 9.93. The summed E-state index contributed by atoms with van der Waals surface area (Å²) >= 11 is 0. The Morgan fingerprint density at radius 1 is 1.24 bits per heavy atom. The van der Waals surface area contributed by atoms with Gasteiger partial charge in [0.1, 0.15) is 16.9 Å². The van der Waals surface area contributed by atoms with Gasteiger partial charge >= 0.3 is 12.1 Å². The van der Waals surface area contributed by atoms with Gasteiger partial charge in [0.15, 0.2) is 5.82 Å². The van der Waals surface area contributed by atoms with Crippen molar-refractivity contribution in [3.05, 3.63) is 29.3 Å². The molecular formula is C24H32FN3O5. The van der Waals surface area contributed by atoms with Crippen molar-refractivity contribution in [1.82, 2.24) is 15.3 Å². The van der Waals surface area contributed by atoms with Crippen LogP contribution in [0.5, 0.6) is 0 Å². The zero-order valence-electron chi connectivity index (χ0n) is 19.6. The molecule has 2 N–H and O–H groups in total. The highest BCUT2D eigenvalue weighted by Gasteiger charge is 2.38. The molecular weight excluding hydrogens is 429 g/mol. The Labute approximate surface area is 192 Å². The van der Waals surface area contributed by atoms with E-state index in [2.05, 4.69) is 15.3 Å². The topological polar surface area (TPSA) is 103 Å². The van der Waals surface area contributed by atoms with Crippen LogP contribution in [0.4, 0.5) is 9.18 Å². The Bertz CT molecular complexity index is 1030. The number of carbonyl (C=O) groups is 2. The number of hydrogen-bond donors (Lipinski definition) is 2. The standard InChI is InChI=1S/C24H32FN3O5/c1-24(2,3)33-23(30)28-19(13-7-5-6-8-13)21-26-17-10-9-14(18(25)20(17)27-21)15-11-32-12-16(15)22(29)31-4/h9-10,13,15-16,19H,5-8,11-12H2,1-4H3,(H,26,27)(H,28,30)/t15?,16?,19-/m0/s1. The van der Waals surface area contributed by atoms with Gasteiger partial charge in [-0.3, -0.25) is 4.79 Å². The summed E-state index contributed by atoms with van der Waals surface area (Å²) in [6.07, 6.45) is 3.53. The lowest BCUT2D eigenvalue weighted by atomic mass is 9.88. The first-order valence-corrected chi connectivity index (χ1v) is 11.5. The molecule has 1 saturated heterocycles. The number of H-pyrrole nitrogens is 1. The molecule has 0 radical (unpaired) electrons. The van der Waals surface area contributed by atoms with E-state index in [-0.39, 0.29) is 24.6 Å². The number of aromatic nitrogens is 2. The van der Waals surface area contributed by atoms with Gasteiger partial charge < -0.3 is 24.5 Å². The molecule has 1 amide bonds. The second kappa shape index (κ2) is 9.29. The molecule has 1 aliphatic heterocycles. The molecule has 2 heterocycles. The van der Waals surface area contributed by atoms with E-state index in [4.69, 9.17) is 14.2 Å². The van der Waals surface area contributed by atoms with Gasteiger partial charge in [-0.15, -0.1) is 0 Å². The van der Waals surface area contributed by atoms with Crippen molar-refractivity contribution in [3.63, 3.8) is 0 Å². The van der Waals surface area contributed by atoms with Crippen molar-refractivity contribution in [2.75, 3.05) is 20.3 Å². The summed E-state index contributed by atoms with van der Waals surface area (Å²) in [4.78, 5) is 32.4. The summed E-state index contributed by atoms with van der Waals surface area (Å²) in [5, 5.41) is 2.95. The number of ether oxygens (including phenoxy) is 3. The van der Waals surface area contributed by atoms with Gasteiger partial charge in [0.25, 0.3) is 0 Å². The van der Waals surface area contributed by atoms with E-state index in [1.54, 1.807) is 12.1 Å². The monoisotopic (exact) mass is 461 g/mol. The van der Waals surface area contributed by atoms with E-state index in [0.29, 0.717) is 16.9 Å². The average Bonchev–Trinajstić information content (AvgIpc) is 3.50. The third kappa shape index (κ3) is 4.98. The predicted octanol–water partition coefficient (Wildman–Crippen LogP) is 4.36. The number of halogens is 1. The van der Waals surface area contributed by atoms with Gasteiger partial charge in [0.2, 0.25) is 0 Å². The van der Waals surface area contributed by atoms with Crippen LogP contribution < -0.4 is 5.32 Å². The summed E-state index contributed by atoms with van der Waals surface area (Å²) in [6.45, 7) is 5.87. The van der Waals surface area contributed by atoms with Gasteiger partial charge in [0.05, 0.1) is 37.8 Å². The minimum Gasteiger partial charge on any atom is -0.469 e. The van der Waals surface area contributed by atoms with Gasteiger partial charge in [-0.25, -0.2) is 14.2 Å². The first-order valence-electron chi connectivity index (χ1n) is 11.5. The van der Waals surface area contributed by atoms with Crippen molar-refractivity contribution in [2.24, 2.45) is 11.8 Å². The Hall–Kier alpha value is -2.68. The molecule has 3 atom stereocenters. The summed E-state index contributed by atoms with van der Waals surface area (Å²) in [6, 6.07) is 3.02. The molecule has 1 aromatic carbocycles. The number of aromatic amines is 1. The highest BCUT2D eigenvalue weighted by molar-refractivity contribution is 5.79. The molecule has 2 aromatic rings. The van der Waals surface area contributed by atoms with E-state index in [0.717, 1.165) is 25.7 Å². The Balaban J connectivity index is 1.66. The van der Waals surface area contributed by atoms with Gasteiger partial charge in [-0.2, -0.15) is 0 Å². The molecule has 0 spiro atoms. The van der Waals surface area contributed by atoms with Gasteiger partial charge in [-0.05, 0) is 51.2 Å². The van der Waals surface area contributed by atoms with Crippen LogP contribution in [0.1, 0.15) is 69.8 Å². The predicted molar refractivity (Wildman–Crippen MR) is 119 cm³/mol. The fourth-order valence-electron chi connectivity index (χ4n) is 4.89. The van der Waals surface area contributed by atoms with Crippen LogP contribution in [-0.4, -0.2) is 48.0 Å². The molecule has 2 aliphatic rings. The zero-order chi connectivity index (χ0) is 23.8. The molecule has 180 valence electrons. The molecule has 2 unspecified atom stereocenters. The normalized spacial score (nSPS) is 22.5. The lowest BCUT2D eigenvalue weighted by Crippen LogP contribution is -2.37. The van der Waals surface area contributed by atoms with Crippen LogP contribution in [-0.2, 0) is 19.0 Å². The third-order valence-electron chi connectivity index (χ3n) is 6.46. The molecule has 1 aliphatic carbocycles. The SMILES string of the molecule is COC(=O)C1COCC1c1ccc2[nH]c([C@@H](NC(=O)OC(C)(C)C)C3CCCC3)nc2c1F. The zero-order valence-corrected chi connectivity index (χ0v) is 19.6. The maximum Gasteiger partial charge on any atom is 0.408 e. The fraction of sp³-hybridized carbons (Fsp3) is 0.625. The first-order chi connectivity index (χ1) is 15.7. The van der Waals surface area contributed by atoms with Crippen molar-refractivity contribution in [3.8, 4) is 0 Å². The van der Waals surface area contributed by atoms with Crippen molar-refractivity contribution in [1.29, 1.82) is 0 Å². The minimum absolute atomic E-state index is 0.187. The number of imidazole rings is 1. The number of amides is 1. The number of nitrogens with one attached hydrogen (secondary N) is 2. The molecule has 1 saturated carbocycles. The highest BCUT2D eigenvalue weighted by atomic mass is 19.1. The summed E-state index contributed by atoms with van der Waals surface area (Å²) in [5.41, 5.74) is 0.477. The van der Waals surface area contributed by atoms with E-state index in [1.807, 2.05) is 20.8 Å². The number of alkyl carbamates (subject to hydrolysis) is 1. The second-order valence-corrected chi connectivity index (χ2v) is 9.93. The van der Waals surface area contributed by atoms with E-state index in [1.165, 1.54) is 7.11 Å². The van der Waals surface area contributed by atoms with Crippen LogP contribution in [0.2, 0.25) is 0 Å². The number of methoxy groups -OCH3 is 1. The summed E-state index contributed by atoms with van der Waals surface area (Å²) < 4.78 is 31.4. The lowest BCUT2D eigenvalue weighted by molar-refractivity contribution is -0.145. The minimum atomic E-state index is -0.626. The maximum absolute atomic E-state index is 15.6. The molecule has 2 fully saturated rings. The fourth-order valence-corrected chi connectivity index (χ4v) is 4.89. The Morgan fingerprint density at radius 3 is 2.64 bits per heavy atom. The molecule has 1 aromatic heterocycles. The number of nitrogens with zero attached hydrogens (tertiary/aromatic N) is 1. The number of hydrogen-bond acceptors (Lipinski definition) is 6. The van der Waals surface area contributed by atoms with Crippen LogP contribution in [0.25, 0.3) is 11.0 Å². The Morgan fingerprint density at radius 2 is 1.97 bits per heavy atom. The van der Waals surface area contributed by atoms with Crippen LogP contribution in [0.3, 0.4) is 0 Å². The number of rotatable bonds is 5. The average molecular weight is 462 g/mol. The van der Waals surface area contributed by atoms with Gasteiger partial charge in [0, 0.05) is 5.92 Å². The number of carbonyl (C=O) groups excluding carboxylic acids is 2. The molecule has 33 heavy (non-hydrogen) atoms. The summed E-state index contributed by atoms with van der Waals surface area (Å²) in [7, 11) is 1.32. The van der Waals surface area contributed by atoms with E-state index >= 15 is 4.39 Å². The first kappa shape index (κ1) is 23.5. The van der Waals surface area contributed by atoms with E-state index in [9.17, 15) is 9.59 Å². The van der Waals surface area contributed by atoms with Crippen molar-refractivity contribution in [2.45, 2.75) is 64.0 Å². The smallest absolute Gasteiger partial charge is 0.408 e. The molecule has 4 rings (SSSR count). The maximum atomic E-state index is 15.6. The van der Waals surface area contributed by atoms with Crippen molar-refractivity contribution < 1.29 is 28.2 Å². The van der Waals surface area contributed by atoms with Crippen LogP contribution in [0.15, 0.2) is 12.1 Å². The van der Waals surface area contributed by atoms with E-state index < -0.39 is 41.4 Å². The molecule has 9 heteroatoms. The van der Waals surface area contributed by atoms with Crippen LogP contribution in [0, 0.1) is 17.7 Å². The van der Waals surface area contributed by atoms with Gasteiger partial charge in [-0.1, -0.05) is 18.9 Å². The quantitative estimate of drug-likeness (QED) is 0.642. The Kier molecular flexibility index (Phi) is 6.61. The van der Waals surface area contributed by atoms with Crippen molar-refractivity contribution >= 4 is 23.1 Å². The number of benzene rings is 1. The third-order valence-corrected chi connectivity index (χ3v) is 6.46. The number of esters is 1. The summed E-state index contributed by atoms with van der Waals surface area (Å²) in [5.74, 6) is -1.20. The molecule has 0 bridgehead atoms. The number of fused-ring (bicyclic) bond motifs is 1. The largest absolute Gasteiger partial charge is 0.469 e.